The molecular weight excluding hydrogens is 300 g/mol. The molecular formula is C17H15ClN2S. The molecule has 0 amide bonds. The molecule has 0 spiro atoms. The largest absolute Gasteiger partial charge is 0.244 e. The van der Waals surface area contributed by atoms with Crippen molar-refractivity contribution in [1.82, 2.24) is 0 Å². The zero-order valence-electron chi connectivity index (χ0n) is 11.8. The van der Waals surface area contributed by atoms with Crippen molar-refractivity contribution >= 4 is 34.2 Å². The van der Waals surface area contributed by atoms with E-state index >= 15 is 0 Å². The predicted molar refractivity (Wildman–Crippen MR) is 88.9 cm³/mol. The van der Waals surface area contributed by atoms with Crippen LogP contribution in [0.5, 0.6) is 0 Å². The van der Waals surface area contributed by atoms with E-state index in [9.17, 15) is 5.26 Å². The van der Waals surface area contributed by atoms with Gasteiger partial charge in [0.15, 0.2) is 0 Å². The smallest absolute Gasteiger partial charge is 0.134 e. The van der Waals surface area contributed by atoms with E-state index in [1.54, 1.807) is 17.6 Å². The van der Waals surface area contributed by atoms with Crippen molar-refractivity contribution in [3.63, 3.8) is 0 Å². The van der Waals surface area contributed by atoms with E-state index < -0.39 is 0 Å². The highest BCUT2D eigenvalue weighted by atomic mass is 35.5. The Bertz CT molecular complexity index is 740. The fraction of sp³-hybridized carbons (Fsp3) is 0.294. The zero-order chi connectivity index (χ0) is 14.8. The molecule has 4 heteroatoms. The second kappa shape index (κ2) is 6.01. The van der Waals surface area contributed by atoms with Gasteiger partial charge in [-0.25, -0.2) is 4.99 Å². The molecule has 1 atom stereocenters. The molecule has 1 heterocycles. The molecule has 0 radical (unpaired) electrons. The number of hydrogen-bond acceptors (Lipinski definition) is 3. The molecule has 3 rings (SSSR count). The fourth-order valence-corrected chi connectivity index (χ4v) is 4.14. The van der Waals surface area contributed by atoms with Gasteiger partial charge in [-0.2, -0.15) is 5.26 Å². The maximum absolute atomic E-state index is 9.44. The van der Waals surface area contributed by atoms with Gasteiger partial charge < -0.3 is 0 Å². The van der Waals surface area contributed by atoms with Gasteiger partial charge in [0.2, 0.25) is 0 Å². The minimum absolute atomic E-state index is 0.676. The van der Waals surface area contributed by atoms with Gasteiger partial charge in [-0.15, -0.1) is 11.3 Å². The van der Waals surface area contributed by atoms with Crippen LogP contribution in [0, 0.1) is 17.2 Å². The first-order valence-corrected chi connectivity index (χ1v) is 8.21. The summed E-state index contributed by atoms with van der Waals surface area (Å²) >= 11 is 7.78. The number of thiophene rings is 1. The molecule has 0 fully saturated rings. The maximum Gasteiger partial charge on any atom is 0.134 e. The topological polar surface area (TPSA) is 36.1 Å². The summed E-state index contributed by atoms with van der Waals surface area (Å²) in [6, 6.07) is 9.92. The van der Waals surface area contributed by atoms with Gasteiger partial charge in [-0.05, 0) is 36.8 Å². The summed E-state index contributed by atoms with van der Waals surface area (Å²) in [6.45, 7) is 2.27. The molecule has 1 unspecified atom stereocenters. The number of aliphatic imine (C=N–C) groups is 1. The minimum atomic E-state index is 0.676. The molecule has 106 valence electrons. The van der Waals surface area contributed by atoms with Crippen LogP contribution >= 0.6 is 22.9 Å². The Morgan fingerprint density at radius 3 is 3.00 bits per heavy atom. The number of halogens is 1. The van der Waals surface area contributed by atoms with Crippen LogP contribution in [0.1, 0.15) is 34.9 Å². The Labute approximate surface area is 133 Å². The standard InChI is InChI=1S/C17H15ClN2S/c1-11-6-7-13-14(9-19)17(21-16(13)8-11)20-10-12-4-2-3-5-15(12)18/h2-5,10-11H,6-8H2,1H3/b20-10+. The first-order valence-electron chi connectivity index (χ1n) is 7.02. The molecule has 0 bridgehead atoms. The lowest BCUT2D eigenvalue weighted by Gasteiger charge is -2.17. The highest BCUT2D eigenvalue weighted by molar-refractivity contribution is 7.16. The Kier molecular flexibility index (Phi) is 4.10. The maximum atomic E-state index is 9.44. The van der Waals surface area contributed by atoms with E-state index in [0.717, 1.165) is 35.4 Å². The van der Waals surface area contributed by atoms with Crippen molar-refractivity contribution < 1.29 is 0 Å². The number of nitrogens with zero attached hydrogens (tertiary/aromatic N) is 2. The van der Waals surface area contributed by atoms with Gasteiger partial charge in [-0.1, -0.05) is 36.7 Å². The van der Waals surface area contributed by atoms with Gasteiger partial charge >= 0.3 is 0 Å². The number of rotatable bonds is 2. The van der Waals surface area contributed by atoms with Gasteiger partial charge in [0.05, 0.1) is 5.56 Å². The van der Waals surface area contributed by atoms with E-state index in [4.69, 9.17) is 11.6 Å². The Balaban J connectivity index is 1.97. The van der Waals surface area contributed by atoms with Gasteiger partial charge in [-0.3, -0.25) is 0 Å². The zero-order valence-corrected chi connectivity index (χ0v) is 13.3. The molecule has 1 aromatic carbocycles. The molecule has 21 heavy (non-hydrogen) atoms. The lowest BCUT2D eigenvalue weighted by molar-refractivity contribution is 0.507. The number of fused-ring (bicyclic) bond motifs is 1. The molecule has 2 aromatic rings. The average Bonchev–Trinajstić information content (AvgIpc) is 2.82. The Morgan fingerprint density at radius 1 is 1.43 bits per heavy atom. The van der Waals surface area contributed by atoms with Gasteiger partial charge in [0, 0.05) is 21.7 Å². The third-order valence-electron chi connectivity index (χ3n) is 3.83. The summed E-state index contributed by atoms with van der Waals surface area (Å²) in [4.78, 5) is 5.85. The highest BCUT2D eigenvalue weighted by Crippen LogP contribution is 2.40. The van der Waals surface area contributed by atoms with Gasteiger partial charge in [0.1, 0.15) is 11.1 Å². The summed E-state index contributed by atoms with van der Waals surface area (Å²) in [7, 11) is 0. The number of hydrogen-bond donors (Lipinski definition) is 0. The highest BCUT2D eigenvalue weighted by Gasteiger charge is 2.23. The van der Waals surface area contributed by atoms with Crippen molar-refractivity contribution in [2.45, 2.75) is 26.2 Å². The first-order chi connectivity index (χ1) is 10.2. The van der Waals surface area contributed by atoms with Crippen molar-refractivity contribution in [3.05, 3.63) is 50.9 Å². The Morgan fingerprint density at radius 2 is 2.24 bits per heavy atom. The summed E-state index contributed by atoms with van der Waals surface area (Å²) in [5, 5.41) is 10.9. The van der Waals surface area contributed by atoms with E-state index in [1.807, 2.05) is 24.3 Å². The molecule has 0 N–H and O–H groups in total. The second-order valence-electron chi connectivity index (χ2n) is 5.42. The summed E-state index contributed by atoms with van der Waals surface area (Å²) in [5.41, 5.74) is 2.85. The monoisotopic (exact) mass is 314 g/mol. The third kappa shape index (κ3) is 2.88. The average molecular weight is 315 g/mol. The van der Waals surface area contributed by atoms with Crippen LogP contribution in [-0.2, 0) is 12.8 Å². The van der Waals surface area contributed by atoms with Crippen LogP contribution < -0.4 is 0 Å². The molecule has 1 aliphatic rings. The minimum Gasteiger partial charge on any atom is -0.244 e. The van der Waals surface area contributed by atoms with E-state index in [0.29, 0.717) is 10.9 Å². The quantitative estimate of drug-likeness (QED) is 0.706. The lowest BCUT2D eigenvalue weighted by Crippen LogP contribution is -2.09. The lowest BCUT2D eigenvalue weighted by atomic mass is 9.89. The fourth-order valence-electron chi connectivity index (χ4n) is 2.65. The number of nitriles is 1. The molecule has 0 saturated carbocycles. The van der Waals surface area contributed by atoms with Crippen molar-refractivity contribution in [2.75, 3.05) is 0 Å². The van der Waals surface area contributed by atoms with Crippen LogP contribution in [0.4, 0.5) is 5.00 Å². The third-order valence-corrected chi connectivity index (χ3v) is 5.34. The van der Waals surface area contributed by atoms with Crippen molar-refractivity contribution in [3.8, 4) is 6.07 Å². The normalized spacial score (nSPS) is 17.7. The SMILES string of the molecule is CC1CCc2c(sc(/N=C/c3ccccc3Cl)c2C#N)C1. The number of benzene rings is 1. The molecule has 1 aromatic heterocycles. The van der Waals surface area contributed by atoms with Crippen molar-refractivity contribution in [1.29, 1.82) is 5.26 Å². The van der Waals surface area contributed by atoms with Crippen molar-refractivity contribution in [2.24, 2.45) is 10.9 Å². The van der Waals surface area contributed by atoms with E-state index in [-0.39, 0.29) is 0 Å². The Hall–Kier alpha value is -1.63. The predicted octanol–water partition coefficient (Wildman–Crippen LogP) is 5.15. The first kappa shape index (κ1) is 14.3. The van der Waals surface area contributed by atoms with Crippen LogP contribution in [0.25, 0.3) is 0 Å². The summed E-state index contributed by atoms with van der Waals surface area (Å²) in [6.07, 6.45) is 4.98. The second-order valence-corrected chi connectivity index (χ2v) is 6.91. The van der Waals surface area contributed by atoms with Gasteiger partial charge in [0.25, 0.3) is 0 Å². The van der Waals surface area contributed by atoms with Crippen LogP contribution in [0.2, 0.25) is 5.02 Å². The summed E-state index contributed by atoms with van der Waals surface area (Å²) in [5.74, 6) is 0.697. The van der Waals surface area contributed by atoms with Crippen LogP contribution in [-0.4, -0.2) is 6.21 Å². The molecule has 0 saturated heterocycles. The van der Waals surface area contributed by atoms with E-state index in [2.05, 4.69) is 18.0 Å². The molecule has 1 aliphatic carbocycles. The molecule has 0 aliphatic heterocycles. The van der Waals surface area contributed by atoms with E-state index in [1.165, 1.54) is 10.4 Å². The summed E-state index contributed by atoms with van der Waals surface area (Å²) < 4.78 is 0. The van der Waals surface area contributed by atoms with Crippen LogP contribution in [0.3, 0.4) is 0 Å². The van der Waals surface area contributed by atoms with Crippen LogP contribution in [0.15, 0.2) is 29.3 Å². The molecule has 2 nitrogen and oxygen atoms in total.